The second kappa shape index (κ2) is 10.7. The van der Waals surface area contributed by atoms with Gasteiger partial charge in [0, 0.05) is 16.1 Å². The van der Waals surface area contributed by atoms with Crippen molar-refractivity contribution in [1.82, 2.24) is 4.90 Å². The molecule has 3 aromatic rings. The summed E-state index contributed by atoms with van der Waals surface area (Å²) in [5.41, 5.74) is 1.85. The number of likely N-dealkylation sites (tertiary alicyclic amines) is 1. The average molecular weight is 492 g/mol. The van der Waals surface area contributed by atoms with E-state index in [0.717, 1.165) is 12.0 Å². The fraction of sp³-hybridized carbons (Fsp3) is 0.214. The van der Waals surface area contributed by atoms with Gasteiger partial charge in [0.25, 0.3) is 11.7 Å². The molecule has 7 heteroatoms. The van der Waals surface area contributed by atoms with E-state index in [1.807, 2.05) is 25.1 Å². The van der Waals surface area contributed by atoms with Crippen LogP contribution in [0.5, 0.6) is 11.5 Å². The van der Waals surface area contributed by atoms with Crippen molar-refractivity contribution < 1.29 is 24.2 Å². The lowest BCUT2D eigenvalue weighted by Crippen LogP contribution is -2.29. The molecule has 0 spiro atoms. The largest absolute Gasteiger partial charge is 0.507 e. The van der Waals surface area contributed by atoms with Gasteiger partial charge in [0.15, 0.2) is 0 Å². The Morgan fingerprint density at radius 2 is 1.69 bits per heavy atom. The predicted octanol–water partition coefficient (Wildman–Crippen LogP) is 5.76. The van der Waals surface area contributed by atoms with Gasteiger partial charge in [-0.3, -0.25) is 9.59 Å². The number of hydrogen-bond donors (Lipinski definition) is 1. The topological polar surface area (TPSA) is 76.1 Å². The molecule has 1 heterocycles. The van der Waals surface area contributed by atoms with Gasteiger partial charge in [-0.25, -0.2) is 0 Å². The number of nitrogens with zero attached hydrogens (tertiary/aromatic N) is 1. The summed E-state index contributed by atoms with van der Waals surface area (Å²) < 4.78 is 11.1. The highest BCUT2D eigenvalue weighted by Crippen LogP contribution is 2.41. The quantitative estimate of drug-likeness (QED) is 0.246. The average Bonchev–Trinajstić information content (AvgIpc) is 3.13. The highest BCUT2D eigenvalue weighted by atomic mass is 35.5. The molecular formula is C28H26ClNO5. The van der Waals surface area contributed by atoms with Crippen molar-refractivity contribution >= 4 is 29.1 Å². The lowest BCUT2D eigenvalue weighted by molar-refractivity contribution is -0.140. The van der Waals surface area contributed by atoms with Crippen LogP contribution in [0.1, 0.15) is 36.1 Å². The highest BCUT2D eigenvalue weighted by molar-refractivity contribution is 6.46. The molecule has 180 valence electrons. The van der Waals surface area contributed by atoms with Gasteiger partial charge in [-0.05, 0) is 54.4 Å². The van der Waals surface area contributed by atoms with E-state index < -0.39 is 17.7 Å². The Hall–Kier alpha value is -3.77. The number of benzene rings is 3. The van der Waals surface area contributed by atoms with Crippen LogP contribution in [0.2, 0.25) is 5.02 Å². The number of aliphatic hydroxyl groups is 1. The van der Waals surface area contributed by atoms with Crippen LogP contribution in [0.4, 0.5) is 0 Å². The highest BCUT2D eigenvalue weighted by Gasteiger charge is 2.46. The van der Waals surface area contributed by atoms with Crippen molar-refractivity contribution in [2.75, 3.05) is 13.7 Å². The number of aliphatic hydroxyl groups excluding tert-OH is 1. The van der Waals surface area contributed by atoms with E-state index in [9.17, 15) is 14.7 Å². The second-order valence-electron chi connectivity index (χ2n) is 8.16. The zero-order chi connectivity index (χ0) is 24.9. The molecule has 1 aliphatic rings. The Balaban J connectivity index is 1.79. The standard InChI is InChI=1S/C28H26ClNO5/c1-3-16-35-22-14-10-19(11-15-22)26(31)24-25(18-8-12-21(29)13-9-18)30(28(33)27(24)32)17-20-6-4-5-7-23(20)34-2/h4-15,25,31H,3,16-17H2,1-2H3/b26-24+. The van der Waals surface area contributed by atoms with Crippen LogP contribution in [-0.2, 0) is 16.1 Å². The van der Waals surface area contributed by atoms with Crippen LogP contribution in [0.15, 0.2) is 78.4 Å². The number of para-hydroxylation sites is 1. The van der Waals surface area contributed by atoms with Gasteiger partial charge in [-0.15, -0.1) is 0 Å². The fourth-order valence-corrected chi connectivity index (χ4v) is 4.26. The van der Waals surface area contributed by atoms with Crippen LogP contribution in [-0.4, -0.2) is 35.4 Å². The van der Waals surface area contributed by atoms with Crippen LogP contribution < -0.4 is 9.47 Å². The number of ether oxygens (including phenoxy) is 2. The first-order valence-corrected chi connectivity index (χ1v) is 11.7. The van der Waals surface area contributed by atoms with Crippen LogP contribution in [0.25, 0.3) is 5.76 Å². The molecular weight excluding hydrogens is 466 g/mol. The lowest BCUT2D eigenvalue weighted by Gasteiger charge is -2.26. The minimum Gasteiger partial charge on any atom is -0.507 e. The molecule has 0 aliphatic carbocycles. The monoisotopic (exact) mass is 491 g/mol. The number of carbonyl (C=O) groups excluding carboxylic acids is 2. The summed E-state index contributed by atoms with van der Waals surface area (Å²) in [4.78, 5) is 27.9. The van der Waals surface area contributed by atoms with Gasteiger partial charge < -0.3 is 19.5 Å². The number of ketones is 1. The molecule has 1 atom stereocenters. The zero-order valence-corrected chi connectivity index (χ0v) is 20.3. The maximum absolute atomic E-state index is 13.2. The van der Waals surface area contributed by atoms with Crippen molar-refractivity contribution in [2.24, 2.45) is 0 Å². The first-order valence-electron chi connectivity index (χ1n) is 11.3. The van der Waals surface area contributed by atoms with E-state index in [-0.39, 0.29) is 17.9 Å². The molecule has 1 amide bonds. The third-order valence-corrected chi connectivity index (χ3v) is 6.11. The van der Waals surface area contributed by atoms with Crippen molar-refractivity contribution in [2.45, 2.75) is 25.9 Å². The van der Waals surface area contributed by atoms with E-state index in [1.165, 1.54) is 4.90 Å². The summed E-state index contributed by atoms with van der Waals surface area (Å²) in [7, 11) is 1.55. The number of hydrogen-bond acceptors (Lipinski definition) is 5. The van der Waals surface area contributed by atoms with Gasteiger partial charge in [0.2, 0.25) is 0 Å². The van der Waals surface area contributed by atoms with Crippen LogP contribution >= 0.6 is 11.6 Å². The molecule has 1 saturated heterocycles. The summed E-state index contributed by atoms with van der Waals surface area (Å²) in [5, 5.41) is 11.8. The zero-order valence-electron chi connectivity index (χ0n) is 19.5. The van der Waals surface area contributed by atoms with Gasteiger partial charge >= 0.3 is 0 Å². The summed E-state index contributed by atoms with van der Waals surface area (Å²) in [6.07, 6.45) is 0.873. The lowest BCUT2D eigenvalue weighted by atomic mass is 9.95. The van der Waals surface area contributed by atoms with Crippen molar-refractivity contribution in [3.63, 3.8) is 0 Å². The van der Waals surface area contributed by atoms with Gasteiger partial charge in [-0.1, -0.05) is 48.9 Å². The fourth-order valence-electron chi connectivity index (χ4n) is 4.14. The molecule has 3 aromatic carbocycles. The predicted molar refractivity (Wildman–Crippen MR) is 135 cm³/mol. The molecule has 1 unspecified atom stereocenters. The van der Waals surface area contributed by atoms with E-state index in [0.29, 0.717) is 34.3 Å². The van der Waals surface area contributed by atoms with Gasteiger partial charge in [0.05, 0.1) is 31.9 Å². The first kappa shape index (κ1) is 24.4. The minimum atomic E-state index is -0.798. The second-order valence-corrected chi connectivity index (χ2v) is 8.60. The number of carbonyl (C=O) groups is 2. The Labute approximate surface area is 209 Å². The molecule has 0 radical (unpaired) electrons. The maximum atomic E-state index is 13.2. The van der Waals surface area contributed by atoms with Crippen molar-refractivity contribution in [3.05, 3.63) is 100 Å². The smallest absolute Gasteiger partial charge is 0.295 e. The van der Waals surface area contributed by atoms with E-state index in [4.69, 9.17) is 21.1 Å². The Kier molecular flexibility index (Phi) is 7.42. The third kappa shape index (κ3) is 5.03. The number of Topliss-reactive ketones (excluding diaryl/α,β-unsaturated/α-hetero) is 1. The molecule has 0 aromatic heterocycles. The molecule has 1 fully saturated rings. The minimum absolute atomic E-state index is 0.0226. The summed E-state index contributed by atoms with van der Waals surface area (Å²) >= 11 is 6.09. The maximum Gasteiger partial charge on any atom is 0.295 e. The van der Waals surface area contributed by atoms with E-state index in [2.05, 4.69) is 0 Å². The summed E-state index contributed by atoms with van der Waals surface area (Å²) in [5.74, 6) is -0.418. The molecule has 6 nitrogen and oxygen atoms in total. The van der Waals surface area contributed by atoms with Gasteiger partial charge in [-0.2, -0.15) is 0 Å². The molecule has 0 saturated carbocycles. The Bertz CT molecular complexity index is 1250. The Morgan fingerprint density at radius 3 is 2.34 bits per heavy atom. The first-order chi connectivity index (χ1) is 16.9. The number of rotatable bonds is 8. The Morgan fingerprint density at radius 1 is 1.00 bits per heavy atom. The molecule has 4 rings (SSSR count). The van der Waals surface area contributed by atoms with Crippen LogP contribution in [0, 0.1) is 0 Å². The SMILES string of the molecule is CCCOc1ccc(/C(O)=C2\C(=O)C(=O)N(Cc3ccccc3OC)C2c2ccc(Cl)cc2)cc1. The number of halogens is 1. The van der Waals surface area contributed by atoms with Crippen molar-refractivity contribution in [3.8, 4) is 11.5 Å². The molecule has 35 heavy (non-hydrogen) atoms. The van der Waals surface area contributed by atoms with E-state index >= 15 is 0 Å². The van der Waals surface area contributed by atoms with Crippen LogP contribution in [0.3, 0.4) is 0 Å². The van der Waals surface area contributed by atoms with Gasteiger partial charge in [0.1, 0.15) is 17.3 Å². The normalized spacial score (nSPS) is 17.0. The van der Waals surface area contributed by atoms with E-state index in [1.54, 1.807) is 61.7 Å². The third-order valence-electron chi connectivity index (χ3n) is 5.86. The molecule has 1 aliphatic heterocycles. The summed E-state index contributed by atoms with van der Waals surface area (Å²) in [6, 6.07) is 20.2. The summed E-state index contributed by atoms with van der Waals surface area (Å²) in [6.45, 7) is 2.72. The van der Waals surface area contributed by atoms with Crippen molar-refractivity contribution in [1.29, 1.82) is 0 Å². The molecule has 0 bridgehead atoms. The molecule has 1 N–H and O–H groups in total. The number of methoxy groups -OCH3 is 1. The number of amides is 1.